The Bertz CT molecular complexity index is 1120. The third kappa shape index (κ3) is 4.72. The number of anilines is 1. The Morgan fingerprint density at radius 3 is 2.39 bits per heavy atom. The van der Waals surface area contributed by atoms with E-state index < -0.39 is 11.9 Å². The van der Waals surface area contributed by atoms with Crippen LogP contribution < -0.4 is 4.90 Å². The molecule has 1 saturated heterocycles. The summed E-state index contributed by atoms with van der Waals surface area (Å²) in [5.74, 6) is -1.58. The number of rotatable bonds is 6. The minimum absolute atomic E-state index is 0.0526. The van der Waals surface area contributed by atoms with E-state index in [1.165, 1.54) is 16.2 Å². The van der Waals surface area contributed by atoms with Crippen LogP contribution in [0.2, 0.25) is 0 Å². The number of benzene rings is 2. The Morgan fingerprint density at radius 1 is 1.06 bits per heavy atom. The van der Waals surface area contributed by atoms with E-state index in [2.05, 4.69) is 4.98 Å². The number of esters is 1. The van der Waals surface area contributed by atoms with Crippen molar-refractivity contribution in [1.82, 2.24) is 4.98 Å². The molecule has 2 aromatic carbocycles. The van der Waals surface area contributed by atoms with Crippen LogP contribution in [0.5, 0.6) is 0 Å². The number of aryl methyl sites for hydroxylation is 2. The van der Waals surface area contributed by atoms with Crippen molar-refractivity contribution in [3.8, 4) is 11.3 Å². The van der Waals surface area contributed by atoms with Gasteiger partial charge in [0.05, 0.1) is 11.6 Å². The van der Waals surface area contributed by atoms with Gasteiger partial charge >= 0.3 is 5.97 Å². The molecule has 0 radical (unpaired) electrons. The largest absolute Gasteiger partial charge is 0.457 e. The number of hydrogen-bond acceptors (Lipinski definition) is 6. The highest BCUT2D eigenvalue weighted by Crippen LogP contribution is 2.32. The zero-order valence-corrected chi connectivity index (χ0v) is 18.1. The van der Waals surface area contributed by atoms with Gasteiger partial charge in [-0.25, -0.2) is 4.98 Å². The van der Waals surface area contributed by atoms with Gasteiger partial charge in [-0.15, -0.1) is 11.3 Å². The van der Waals surface area contributed by atoms with Gasteiger partial charge in [0, 0.05) is 29.5 Å². The highest BCUT2D eigenvalue weighted by molar-refractivity contribution is 7.14. The maximum Gasteiger partial charge on any atom is 0.311 e. The zero-order valence-electron chi connectivity index (χ0n) is 17.3. The fraction of sp³-hybridized carbons (Fsp3) is 0.250. The fourth-order valence-corrected chi connectivity index (χ4v) is 4.23. The van der Waals surface area contributed by atoms with Gasteiger partial charge in [0.1, 0.15) is 0 Å². The molecule has 0 aliphatic carbocycles. The van der Waals surface area contributed by atoms with Gasteiger partial charge in [0.2, 0.25) is 5.91 Å². The molecule has 1 amide bonds. The number of thiazole rings is 1. The average molecular weight is 435 g/mol. The number of hydrogen-bond donors (Lipinski definition) is 0. The molecule has 1 fully saturated rings. The molecule has 2 heterocycles. The van der Waals surface area contributed by atoms with E-state index in [-0.39, 0.29) is 31.3 Å². The first-order chi connectivity index (χ1) is 14.9. The summed E-state index contributed by atoms with van der Waals surface area (Å²) in [6.45, 7) is 3.83. The van der Waals surface area contributed by atoms with E-state index in [1.807, 2.05) is 55.6 Å². The van der Waals surface area contributed by atoms with Crippen LogP contribution in [0, 0.1) is 19.8 Å². The molecule has 0 bridgehead atoms. The van der Waals surface area contributed by atoms with E-state index >= 15 is 0 Å². The van der Waals surface area contributed by atoms with Crippen molar-refractivity contribution < 1.29 is 19.1 Å². The van der Waals surface area contributed by atoms with Crippen molar-refractivity contribution in [3.05, 3.63) is 70.6 Å². The summed E-state index contributed by atoms with van der Waals surface area (Å²) < 4.78 is 5.21. The topological polar surface area (TPSA) is 76.6 Å². The van der Waals surface area contributed by atoms with Crippen molar-refractivity contribution in [2.24, 2.45) is 5.92 Å². The highest BCUT2D eigenvalue weighted by Gasteiger charge is 2.37. The summed E-state index contributed by atoms with van der Waals surface area (Å²) >= 11 is 1.37. The predicted octanol–water partition coefficient (Wildman–Crippen LogP) is 4.21. The SMILES string of the molecule is Cc1ccc(C(=O)COC(=O)[C@H]2CC(=O)N(c3nc(-c4ccc(C)cc4)cs3)C2)cc1. The van der Waals surface area contributed by atoms with E-state index in [4.69, 9.17) is 4.74 Å². The first kappa shape index (κ1) is 20.9. The van der Waals surface area contributed by atoms with Crippen LogP contribution in [-0.2, 0) is 14.3 Å². The molecule has 4 rings (SSSR count). The van der Waals surface area contributed by atoms with E-state index in [0.29, 0.717) is 10.7 Å². The third-order valence-corrected chi connectivity index (χ3v) is 6.11. The van der Waals surface area contributed by atoms with Crippen molar-refractivity contribution in [2.45, 2.75) is 20.3 Å². The normalized spacial score (nSPS) is 15.9. The Morgan fingerprint density at radius 2 is 1.71 bits per heavy atom. The van der Waals surface area contributed by atoms with Gasteiger partial charge in [-0.1, -0.05) is 59.7 Å². The molecule has 1 atom stereocenters. The molecule has 3 aromatic rings. The third-order valence-electron chi connectivity index (χ3n) is 5.25. The van der Waals surface area contributed by atoms with Gasteiger partial charge in [0.25, 0.3) is 0 Å². The van der Waals surface area contributed by atoms with Gasteiger partial charge in [-0.2, -0.15) is 0 Å². The number of carbonyl (C=O) groups is 3. The molecule has 1 aliphatic rings. The number of aromatic nitrogens is 1. The monoisotopic (exact) mass is 434 g/mol. The summed E-state index contributed by atoms with van der Waals surface area (Å²) in [4.78, 5) is 43.3. The second kappa shape index (κ2) is 8.81. The molecule has 6 nitrogen and oxygen atoms in total. The molecule has 0 saturated carbocycles. The van der Waals surface area contributed by atoms with E-state index in [0.717, 1.165) is 22.4 Å². The lowest BCUT2D eigenvalue weighted by atomic mass is 10.1. The second-order valence-electron chi connectivity index (χ2n) is 7.68. The molecular weight excluding hydrogens is 412 g/mol. The summed E-state index contributed by atoms with van der Waals surface area (Å²) in [5.41, 5.74) is 4.48. The van der Waals surface area contributed by atoms with Crippen LogP contribution in [0.15, 0.2) is 53.9 Å². The number of Topliss-reactive ketones (excluding diaryl/α,β-unsaturated/α-hetero) is 1. The summed E-state index contributed by atoms with van der Waals surface area (Å²) in [6, 6.07) is 15.1. The first-order valence-corrected chi connectivity index (χ1v) is 10.9. The van der Waals surface area contributed by atoms with Gasteiger partial charge in [0.15, 0.2) is 17.5 Å². The average Bonchev–Trinajstić information content (AvgIpc) is 3.39. The minimum Gasteiger partial charge on any atom is -0.457 e. The molecule has 1 aliphatic heterocycles. The number of nitrogens with zero attached hydrogens (tertiary/aromatic N) is 2. The summed E-state index contributed by atoms with van der Waals surface area (Å²) in [6.07, 6.45) is 0.0526. The Kier molecular flexibility index (Phi) is 5.95. The van der Waals surface area contributed by atoms with Crippen molar-refractivity contribution in [3.63, 3.8) is 0 Å². The maximum absolute atomic E-state index is 12.5. The Balaban J connectivity index is 1.36. The van der Waals surface area contributed by atoms with Crippen molar-refractivity contribution >= 4 is 34.1 Å². The van der Waals surface area contributed by atoms with E-state index in [9.17, 15) is 14.4 Å². The molecule has 1 aromatic heterocycles. The standard InChI is InChI=1S/C24H22N2O4S/c1-15-3-7-17(8-4-15)20-14-31-24(25-20)26-12-19(11-22(26)28)23(29)30-13-21(27)18-9-5-16(2)6-10-18/h3-10,14,19H,11-13H2,1-2H3/t19-/m0/s1. The van der Waals surface area contributed by atoms with Gasteiger partial charge < -0.3 is 4.74 Å². The second-order valence-corrected chi connectivity index (χ2v) is 8.52. The lowest BCUT2D eigenvalue weighted by Crippen LogP contribution is -2.27. The smallest absolute Gasteiger partial charge is 0.311 e. The van der Waals surface area contributed by atoms with Gasteiger partial charge in [-0.3, -0.25) is 19.3 Å². The highest BCUT2D eigenvalue weighted by atomic mass is 32.1. The van der Waals surface area contributed by atoms with Crippen LogP contribution in [0.3, 0.4) is 0 Å². The lowest BCUT2D eigenvalue weighted by molar-refractivity contribution is -0.147. The van der Waals surface area contributed by atoms with E-state index in [1.54, 1.807) is 12.1 Å². The van der Waals surface area contributed by atoms with Crippen LogP contribution in [0.4, 0.5) is 5.13 Å². The number of carbonyl (C=O) groups excluding carboxylic acids is 3. The minimum atomic E-state index is -0.606. The number of ether oxygens (including phenoxy) is 1. The Hall–Kier alpha value is -3.32. The zero-order chi connectivity index (χ0) is 22.0. The molecular formula is C24H22N2O4S. The Labute approximate surface area is 184 Å². The molecule has 0 unspecified atom stereocenters. The molecule has 0 N–H and O–H groups in total. The summed E-state index contributed by atoms with van der Waals surface area (Å²) in [5, 5.41) is 2.46. The summed E-state index contributed by atoms with van der Waals surface area (Å²) in [7, 11) is 0. The van der Waals surface area contributed by atoms with Crippen LogP contribution in [0.1, 0.15) is 27.9 Å². The predicted molar refractivity (Wildman–Crippen MR) is 119 cm³/mol. The first-order valence-electron chi connectivity index (χ1n) is 10.00. The molecule has 158 valence electrons. The van der Waals surface area contributed by atoms with Crippen molar-refractivity contribution in [2.75, 3.05) is 18.1 Å². The molecule has 0 spiro atoms. The number of amides is 1. The van der Waals surface area contributed by atoms with Crippen molar-refractivity contribution in [1.29, 1.82) is 0 Å². The van der Waals surface area contributed by atoms with Gasteiger partial charge in [-0.05, 0) is 13.8 Å². The number of ketones is 1. The fourth-order valence-electron chi connectivity index (χ4n) is 3.37. The van der Waals surface area contributed by atoms with Crippen LogP contribution in [-0.4, -0.2) is 35.8 Å². The van der Waals surface area contributed by atoms with Crippen LogP contribution >= 0.6 is 11.3 Å². The lowest BCUT2D eigenvalue weighted by Gasteiger charge is -2.12. The van der Waals surface area contributed by atoms with Crippen LogP contribution in [0.25, 0.3) is 11.3 Å². The quantitative estimate of drug-likeness (QED) is 0.429. The molecule has 31 heavy (non-hydrogen) atoms. The molecule has 7 heteroatoms. The maximum atomic E-state index is 12.5.